The number of nitrogens with two attached hydrogens (primary N) is 1. The smallest absolute Gasteiger partial charge is 0.191 e. The molecule has 0 saturated heterocycles. The molecule has 0 bridgehead atoms. The predicted octanol–water partition coefficient (Wildman–Crippen LogP) is 3.84. The lowest BCUT2D eigenvalue weighted by atomic mass is 10.1. The first-order valence-electron chi connectivity index (χ1n) is 7.82. The van der Waals surface area contributed by atoms with Crippen LogP contribution in [0.25, 0.3) is 11.0 Å². The average molecular weight is 376 g/mol. The molecular formula is C17H21N5OS2. The summed E-state index contributed by atoms with van der Waals surface area (Å²) in [6, 6.07) is 3.87. The fraction of sp³-hybridized carbons (Fsp3) is 0.353. The number of fused-ring (bicyclic) bond motifs is 1. The maximum absolute atomic E-state index is 5.87. The van der Waals surface area contributed by atoms with Gasteiger partial charge in [0.05, 0.1) is 23.4 Å². The second-order valence-corrected chi connectivity index (χ2v) is 8.12. The van der Waals surface area contributed by atoms with Gasteiger partial charge in [0.1, 0.15) is 10.8 Å². The highest BCUT2D eigenvalue weighted by molar-refractivity contribution is 7.99. The van der Waals surface area contributed by atoms with E-state index >= 15 is 0 Å². The van der Waals surface area contributed by atoms with Crippen molar-refractivity contribution < 1.29 is 4.42 Å². The van der Waals surface area contributed by atoms with Crippen LogP contribution in [0.15, 0.2) is 39.2 Å². The van der Waals surface area contributed by atoms with E-state index in [2.05, 4.69) is 32.8 Å². The van der Waals surface area contributed by atoms with Crippen molar-refractivity contribution in [1.29, 1.82) is 0 Å². The molecule has 3 rings (SSSR count). The van der Waals surface area contributed by atoms with Gasteiger partial charge in [-0.15, -0.1) is 11.8 Å². The number of hydrogen-bond acceptors (Lipinski definition) is 8. The molecule has 0 aromatic carbocycles. The van der Waals surface area contributed by atoms with E-state index < -0.39 is 0 Å². The highest BCUT2D eigenvalue weighted by Gasteiger charge is 2.15. The molecule has 3 aromatic heterocycles. The van der Waals surface area contributed by atoms with Gasteiger partial charge in [0.2, 0.25) is 0 Å². The summed E-state index contributed by atoms with van der Waals surface area (Å²) in [5.41, 5.74) is 8.80. The highest BCUT2D eigenvalue weighted by atomic mass is 32.2. The molecule has 0 saturated carbocycles. The number of thioether (sulfide) groups is 2. The number of pyridine rings is 1. The van der Waals surface area contributed by atoms with Gasteiger partial charge in [-0.05, 0) is 33.3 Å². The Labute approximate surface area is 155 Å². The molecule has 0 aliphatic heterocycles. The van der Waals surface area contributed by atoms with Gasteiger partial charge in [0.25, 0.3) is 0 Å². The second-order valence-electron chi connectivity index (χ2n) is 5.98. The summed E-state index contributed by atoms with van der Waals surface area (Å²) in [5, 5.41) is 2.74. The summed E-state index contributed by atoms with van der Waals surface area (Å²) in [5.74, 6) is 0.487. The third-order valence-electron chi connectivity index (χ3n) is 3.66. The zero-order valence-corrected chi connectivity index (χ0v) is 16.3. The van der Waals surface area contributed by atoms with Gasteiger partial charge in [0.15, 0.2) is 10.7 Å². The Hall–Kier alpha value is -1.77. The molecule has 132 valence electrons. The number of anilines is 1. The van der Waals surface area contributed by atoms with E-state index in [1.54, 1.807) is 42.1 Å². The summed E-state index contributed by atoms with van der Waals surface area (Å²) in [6.07, 6.45) is 5.56. The van der Waals surface area contributed by atoms with Crippen LogP contribution in [-0.2, 0) is 6.54 Å². The molecule has 6 nitrogen and oxygen atoms in total. The Balaban J connectivity index is 1.86. The molecule has 1 unspecified atom stereocenters. The van der Waals surface area contributed by atoms with E-state index in [4.69, 9.17) is 10.2 Å². The van der Waals surface area contributed by atoms with E-state index in [0.29, 0.717) is 11.0 Å². The lowest BCUT2D eigenvalue weighted by molar-refractivity contribution is 0.401. The number of hydrogen-bond donors (Lipinski definition) is 1. The van der Waals surface area contributed by atoms with Crippen molar-refractivity contribution in [2.45, 2.75) is 28.9 Å². The molecule has 8 heteroatoms. The van der Waals surface area contributed by atoms with Crippen molar-refractivity contribution in [2.24, 2.45) is 0 Å². The Morgan fingerprint density at radius 1 is 1.28 bits per heavy atom. The molecule has 0 aliphatic carbocycles. The molecule has 25 heavy (non-hydrogen) atoms. The molecular weight excluding hydrogens is 354 g/mol. The zero-order chi connectivity index (χ0) is 18.0. The monoisotopic (exact) mass is 375 g/mol. The van der Waals surface area contributed by atoms with E-state index in [-0.39, 0.29) is 5.25 Å². The van der Waals surface area contributed by atoms with Crippen molar-refractivity contribution in [2.75, 3.05) is 26.1 Å². The van der Waals surface area contributed by atoms with Crippen LogP contribution in [0.2, 0.25) is 0 Å². The van der Waals surface area contributed by atoms with E-state index in [9.17, 15) is 0 Å². The molecule has 0 fully saturated rings. The first kappa shape index (κ1) is 18.0. The lowest BCUT2D eigenvalue weighted by Gasteiger charge is -2.11. The number of furan rings is 1. The quantitative estimate of drug-likeness (QED) is 0.395. The van der Waals surface area contributed by atoms with Crippen LogP contribution in [0, 0.1) is 0 Å². The summed E-state index contributed by atoms with van der Waals surface area (Å²) in [4.78, 5) is 15.5. The summed E-state index contributed by atoms with van der Waals surface area (Å²) in [6.45, 7) is 2.92. The number of nitrogen functional groups attached to an aromatic ring is 1. The normalized spacial score (nSPS) is 12.8. The van der Waals surface area contributed by atoms with Crippen LogP contribution in [0.4, 0.5) is 5.82 Å². The van der Waals surface area contributed by atoms with E-state index in [1.165, 1.54) is 0 Å². The molecule has 0 amide bonds. The van der Waals surface area contributed by atoms with Gasteiger partial charge in [-0.1, -0.05) is 11.8 Å². The molecule has 1 atom stereocenters. The van der Waals surface area contributed by atoms with Gasteiger partial charge in [0, 0.05) is 23.6 Å². The Bertz CT molecular complexity index is 881. The van der Waals surface area contributed by atoms with Gasteiger partial charge in [-0.2, -0.15) is 0 Å². The van der Waals surface area contributed by atoms with Gasteiger partial charge in [-0.3, -0.25) is 4.98 Å². The largest absolute Gasteiger partial charge is 0.462 e. The van der Waals surface area contributed by atoms with Crippen molar-refractivity contribution in [3.8, 4) is 0 Å². The third kappa shape index (κ3) is 4.26. The van der Waals surface area contributed by atoms with Gasteiger partial charge < -0.3 is 15.1 Å². The van der Waals surface area contributed by atoms with Crippen molar-refractivity contribution in [1.82, 2.24) is 19.9 Å². The summed E-state index contributed by atoms with van der Waals surface area (Å²) >= 11 is 3.11. The van der Waals surface area contributed by atoms with Crippen LogP contribution in [0.5, 0.6) is 0 Å². The fourth-order valence-electron chi connectivity index (χ4n) is 2.48. The lowest BCUT2D eigenvalue weighted by Crippen LogP contribution is -2.10. The topological polar surface area (TPSA) is 81.1 Å². The minimum Gasteiger partial charge on any atom is -0.462 e. The Morgan fingerprint density at radius 2 is 2.08 bits per heavy atom. The van der Waals surface area contributed by atoms with Crippen LogP contribution in [0.1, 0.15) is 23.4 Å². The molecule has 0 radical (unpaired) electrons. The zero-order valence-electron chi connectivity index (χ0n) is 14.7. The molecule has 3 aromatic rings. The third-order valence-corrected chi connectivity index (χ3v) is 5.27. The second kappa shape index (κ2) is 7.63. The number of rotatable bonds is 6. The SMILES string of the molecule is CSc1cc(N)nc(SC(C)c2cc3c(CN(C)C)coc3cn2)n1. The van der Waals surface area contributed by atoms with Crippen molar-refractivity contribution >= 4 is 40.3 Å². The molecule has 3 heterocycles. The molecule has 0 aliphatic rings. The maximum Gasteiger partial charge on any atom is 0.191 e. The number of nitrogens with zero attached hydrogens (tertiary/aromatic N) is 4. The van der Waals surface area contributed by atoms with Gasteiger partial charge in [-0.25, -0.2) is 9.97 Å². The predicted molar refractivity (Wildman–Crippen MR) is 104 cm³/mol. The minimum absolute atomic E-state index is 0.100. The van der Waals surface area contributed by atoms with E-state index in [1.807, 2.05) is 20.4 Å². The Kier molecular flexibility index (Phi) is 5.51. The average Bonchev–Trinajstić information content (AvgIpc) is 2.95. The minimum atomic E-state index is 0.100. The van der Waals surface area contributed by atoms with Crippen LogP contribution < -0.4 is 5.73 Å². The van der Waals surface area contributed by atoms with Gasteiger partial charge >= 0.3 is 0 Å². The summed E-state index contributed by atoms with van der Waals surface area (Å²) in [7, 11) is 4.08. The maximum atomic E-state index is 5.87. The van der Waals surface area contributed by atoms with Crippen LogP contribution in [0.3, 0.4) is 0 Å². The van der Waals surface area contributed by atoms with Crippen molar-refractivity contribution in [3.63, 3.8) is 0 Å². The highest BCUT2D eigenvalue weighted by Crippen LogP contribution is 2.34. The molecule has 0 spiro atoms. The van der Waals surface area contributed by atoms with Crippen molar-refractivity contribution in [3.05, 3.63) is 35.9 Å². The fourth-order valence-corrected chi connectivity index (χ4v) is 3.83. The van der Waals surface area contributed by atoms with Crippen LogP contribution in [-0.4, -0.2) is 40.2 Å². The van der Waals surface area contributed by atoms with Crippen LogP contribution >= 0.6 is 23.5 Å². The van der Waals surface area contributed by atoms with E-state index in [0.717, 1.165) is 33.8 Å². The first-order valence-corrected chi connectivity index (χ1v) is 9.92. The first-order chi connectivity index (χ1) is 12.0. The summed E-state index contributed by atoms with van der Waals surface area (Å²) < 4.78 is 5.61. The Morgan fingerprint density at radius 3 is 2.80 bits per heavy atom. The number of aromatic nitrogens is 3. The molecule has 2 N–H and O–H groups in total. The standard InChI is InChI=1S/C17H21N5OS2/c1-10(25-17-20-15(18)6-16(21-17)24-4)13-5-12-11(8-22(2)3)9-23-14(12)7-19-13/h5-7,9-10H,8H2,1-4H3,(H2,18,20,21).